The Kier molecular flexibility index (Phi) is 9.35. The van der Waals surface area contributed by atoms with Crippen molar-refractivity contribution in [1.29, 1.82) is 0 Å². The van der Waals surface area contributed by atoms with Gasteiger partial charge in [0.05, 0.1) is 33.2 Å². The molecule has 1 atom stereocenters. The lowest BCUT2D eigenvalue weighted by atomic mass is 10.2. The molecule has 4 aromatic rings. The number of para-hydroxylation sites is 1. The minimum absolute atomic E-state index is 0.0174. The summed E-state index contributed by atoms with van der Waals surface area (Å²) in [4.78, 5) is 8.51. The zero-order valence-electron chi connectivity index (χ0n) is 23.3. The van der Waals surface area contributed by atoms with Crippen LogP contribution in [0.25, 0.3) is 17.2 Å². The van der Waals surface area contributed by atoms with Gasteiger partial charge in [-0.15, -0.1) is 10.2 Å². The highest BCUT2D eigenvalue weighted by atomic mass is 32.2. The third-order valence-corrected chi connectivity index (χ3v) is 7.89. The van der Waals surface area contributed by atoms with Crippen molar-refractivity contribution in [3.05, 3.63) is 66.2 Å². The zero-order chi connectivity index (χ0) is 29.6. The zero-order valence-corrected chi connectivity index (χ0v) is 24.1. The number of methoxy groups -OCH3 is 4. The van der Waals surface area contributed by atoms with Gasteiger partial charge in [0.15, 0.2) is 5.82 Å². The van der Waals surface area contributed by atoms with Gasteiger partial charge in [-0.05, 0) is 36.8 Å². The van der Waals surface area contributed by atoms with E-state index in [4.69, 9.17) is 18.9 Å². The van der Waals surface area contributed by atoms with Crippen molar-refractivity contribution in [2.75, 3.05) is 45.0 Å². The molecule has 0 aliphatic carbocycles. The lowest BCUT2D eigenvalue weighted by Gasteiger charge is -2.26. The topological polar surface area (TPSA) is 131 Å². The third kappa shape index (κ3) is 6.23. The monoisotopic (exact) mass is 586 g/mol. The molecule has 12 nitrogen and oxygen atoms in total. The van der Waals surface area contributed by atoms with Gasteiger partial charge in [0.25, 0.3) is 0 Å². The molecule has 0 aliphatic heterocycles. The number of sulfonamides is 1. The fourth-order valence-corrected chi connectivity index (χ4v) is 5.91. The van der Waals surface area contributed by atoms with Crippen molar-refractivity contribution in [2.45, 2.75) is 19.4 Å². The summed E-state index contributed by atoms with van der Waals surface area (Å²) in [6, 6.07) is 12.9. The number of halogens is 1. The maximum absolute atomic E-state index is 14.0. The van der Waals surface area contributed by atoms with Crippen LogP contribution in [-0.2, 0) is 14.8 Å². The Morgan fingerprint density at radius 1 is 0.951 bits per heavy atom. The molecule has 0 saturated carbocycles. The predicted octanol–water partition coefficient (Wildman–Crippen LogP) is 3.82. The molecule has 4 rings (SSSR count). The van der Waals surface area contributed by atoms with E-state index in [1.807, 2.05) is 6.92 Å². The van der Waals surface area contributed by atoms with E-state index in [0.29, 0.717) is 35.2 Å². The van der Waals surface area contributed by atoms with Gasteiger partial charge in [-0.25, -0.2) is 22.1 Å². The molecule has 1 aromatic carbocycles. The number of pyridine rings is 2. The molecule has 0 unspecified atom stereocenters. The minimum Gasteiger partial charge on any atom is -0.494 e. The molecule has 41 heavy (non-hydrogen) atoms. The number of rotatable bonds is 13. The first kappa shape index (κ1) is 29.7. The summed E-state index contributed by atoms with van der Waals surface area (Å²) < 4.78 is 66.3. The summed E-state index contributed by atoms with van der Waals surface area (Å²) in [5, 5.41) is 8.70. The van der Waals surface area contributed by atoms with Crippen LogP contribution in [0.15, 0.2) is 54.7 Å². The van der Waals surface area contributed by atoms with Crippen molar-refractivity contribution in [1.82, 2.24) is 24.7 Å². The van der Waals surface area contributed by atoms with Crippen LogP contribution in [0.5, 0.6) is 17.4 Å². The molecule has 0 bridgehead atoms. The highest BCUT2D eigenvalue weighted by Gasteiger charge is 2.34. The first-order valence-electron chi connectivity index (χ1n) is 12.6. The summed E-state index contributed by atoms with van der Waals surface area (Å²) in [5.41, 5.74) is 1.01. The first-order valence-corrected chi connectivity index (χ1v) is 14.2. The van der Waals surface area contributed by atoms with E-state index in [-0.39, 0.29) is 24.0 Å². The Hall–Kier alpha value is -4.30. The number of aromatic nitrogens is 5. The molecule has 14 heteroatoms. The van der Waals surface area contributed by atoms with Gasteiger partial charge >= 0.3 is 0 Å². The Morgan fingerprint density at radius 2 is 1.66 bits per heavy atom. The second-order valence-corrected chi connectivity index (χ2v) is 10.6. The SMILES string of the molecule is CCCN(c1nnc(-c2cccc(OC)n2)n1-c1c(OC)cccc1OC)S(=O)(=O)C[C@H](OC)c1ccc(F)cn1. The van der Waals surface area contributed by atoms with Gasteiger partial charge in [-0.2, -0.15) is 0 Å². The van der Waals surface area contributed by atoms with E-state index in [2.05, 4.69) is 20.2 Å². The summed E-state index contributed by atoms with van der Waals surface area (Å²) in [6.45, 7) is 1.91. The maximum Gasteiger partial charge on any atom is 0.246 e. The Morgan fingerprint density at radius 3 is 2.24 bits per heavy atom. The van der Waals surface area contributed by atoms with E-state index in [1.165, 1.54) is 45.1 Å². The van der Waals surface area contributed by atoms with Crippen LogP contribution in [0.3, 0.4) is 0 Å². The fraction of sp³-hybridized carbons (Fsp3) is 0.333. The van der Waals surface area contributed by atoms with E-state index in [0.717, 1.165) is 10.5 Å². The summed E-state index contributed by atoms with van der Waals surface area (Å²) in [6.07, 6.45) is 0.487. The van der Waals surface area contributed by atoms with Crippen LogP contribution in [0, 0.1) is 5.82 Å². The van der Waals surface area contributed by atoms with Crippen LogP contribution in [0.4, 0.5) is 10.3 Å². The molecule has 0 spiro atoms. The molecule has 0 saturated heterocycles. The van der Waals surface area contributed by atoms with E-state index < -0.39 is 27.7 Å². The molecular formula is C27H31FN6O6S. The number of anilines is 1. The van der Waals surface area contributed by atoms with Crippen LogP contribution >= 0.6 is 0 Å². The highest BCUT2D eigenvalue weighted by Crippen LogP contribution is 2.39. The lowest BCUT2D eigenvalue weighted by Crippen LogP contribution is -2.38. The number of nitrogens with zero attached hydrogens (tertiary/aromatic N) is 6. The third-order valence-electron chi connectivity index (χ3n) is 6.15. The fourth-order valence-electron chi connectivity index (χ4n) is 4.21. The number of benzene rings is 1. The van der Waals surface area contributed by atoms with Gasteiger partial charge in [0, 0.05) is 19.7 Å². The van der Waals surface area contributed by atoms with Gasteiger partial charge < -0.3 is 18.9 Å². The minimum atomic E-state index is -4.13. The Bertz CT molecular complexity index is 1560. The van der Waals surface area contributed by atoms with Gasteiger partial charge in [-0.3, -0.25) is 9.55 Å². The molecule has 0 aliphatic rings. The molecule has 218 valence electrons. The smallest absolute Gasteiger partial charge is 0.246 e. The van der Waals surface area contributed by atoms with Crippen molar-refractivity contribution in [2.24, 2.45) is 0 Å². The van der Waals surface area contributed by atoms with Crippen LogP contribution in [0.1, 0.15) is 25.1 Å². The summed E-state index contributed by atoms with van der Waals surface area (Å²) >= 11 is 0. The Labute approximate surface area is 237 Å². The predicted molar refractivity (Wildman–Crippen MR) is 150 cm³/mol. The maximum atomic E-state index is 14.0. The standard InChI is InChI=1S/C27H31FN6O6S/c1-6-15-33(41(35,36)17-23(39-4)19-14-13-18(28)16-29-19)27-32-31-26(20-9-7-12-24(30-20)40-5)34(27)25-21(37-2)10-8-11-22(25)38-3/h7-14,16,23H,6,15,17H2,1-5H3/t23-/m0/s1. The van der Waals surface area contributed by atoms with E-state index in [1.54, 1.807) is 36.4 Å². The Balaban J connectivity index is 1.93. The summed E-state index contributed by atoms with van der Waals surface area (Å²) in [5.74, 6) is 0.264. The van der Waals surface area contributed by atoms with Crippen molar-refractivity contribution in [3.63, 3.8) is 0 Å². The van der Waals surface area contributed by atoms with Crippen molar-refractivity contribution >= 4 is 16.0 Å². The van der Waals surface area contributed by atoms with Crippen LogP contribution in [0.2, 0.25) is 0 Å². The normalized spacial score (nSPS) is 12.1. The number of hydrogen-bond acceptors (Lipinski definition) is 10. The first-order chi connectivity index (χ1) is 19.8. The van der Waals surface area contributed by atoms with Crippen LogP contribution in [-0.4, -0.2) is 73.9 Å². The second-order valence-electron chi connectivity index (χ2n) is 8.71. The highest BCUT2D eigenvalue weighted by molar-refractivity contribution is 7.92. The second kappa shape index (κ2) is 12.9. The van der Waals surface area contributed by atoms with Gasteiger partial charge in [0.2, 0.25) is 21.9 Å². The molecule has 0 N–H and O–H groups in total. The number of ether oxygens (including phenoxy) is 4. The number of hydrogen-bond donors (Lipinski definition) is 0. The molecule has 0 radical (unpaired) electrons. The molecular weight excluding hydrogens is 555 g/mol. The lowest BCUT2D eigenvalue weighted by molar-refractivity contribution is 0.118. The molecule has 0 fully saturated rings. The van der Waals surface area contributed by atoms with Crippen molar-refractivity contribution in [3.8, 4) is 34.6 Å². The van der Waals surface area contributed by atoms with Gasteiger partial charge in [0.1, 0.15) is 40.6 Å². The van der Waals surface area contributed by atoms with Crippen LogP contribution < -0.4 is 18.5 Å². The average Bonchev–Trinajstić information content (AvgIpc) is 3.42. The summed E-state index contributed by atoms with van der Waals surface area (Å²) in [7, 11) is 1.70. The van der Waals surface area contributed by atoms with E-state index in [9.17, 15) is 12.8 Å². The largest absolute Gasteiger partial charge is 0.494 e. The molecule has 0 amide bonds. The average molecular weight is 587 g/mol. The quantitative estimate of drug-likeness (QED) is 0.228. The van der Waals surface area contributed by atoms with Gasteiger partial charge in [-0.1, -0.05) is 19.1 Å². The van der Waals surface area contributed by atoms with E-state index >= 15 is 0 Å². The van der Waals surface area contributed by atoms with Crippen molar-refractivity contribution < 1.29 is 31.8 Å². The molecule has 3 heterocycles. The molecule has 3 aromatic heterocycles.